The van der Waals surface area contributed by atoms with Gasteiger partial charge in [-0.3, -0.25) is 9.89 Å². The third-order valence-electron chi connectivity index (χ3n) is 4.48. The minimum Gasteiger partial charge on any atom is -0.333 e. The quantitative estimate of drug-likeness (QED) is 0.880. The molecule has 1 aromatic carbocycles. The van der Waals surface area contributed by atoms with Crippen molar-refractivity contribution in [3.63, 3.8) is 0 Å². The second kappa shape index (κ2) is 6.48. The summed E-state index contributed by atoms with van der Waals surface area (Å²) in [5.41, 5.74) is 1.46. The van der Waals surface area contributed by atoms with Gasteiger partial charge in [0.25, 0.3) is 5.91 Å². The molecule has 1 N–H and O–H groups in total. The number of hydrogen-bond donors (Lipinski definition) is 1. The van der Waals surface area contributed by atoms with Crippen LogP contribution >= 0.6 is 0 Å². The van der Waals surface area contributed by atoms with E-state index < -0.39 is 0 Å². The van der Waals surface area contributed by atoms with E-state index in [0.717, 1.165) is 37.0 Å². The lowest BCUT2D eigenvalue weighted by Gasteiger charge is -2.30. The van der Waals surface area contributed by atoms with E-state index in [4.69, 9.17) is 0 Å². The molecular formula is C17H24N4O. The van der Waals surface area contributed by atoms with Crippen molar-refractivity contribution < 1.29 is 4.79 Å². The zero-order valence-electron chi connectivity index (χ0n) is 13.4. The van der Waals surface area contributed by atoms with Crippen molar-refractivity contribution >= 4 is 16.8 Å². The van der Waals surface area contributed by atoms with Crippen LogP contribution in [0.15, 0.2) is 24.3 Å². The molecule has 5 heteroatoms. The standard InChI is InChI=1S/C17H24N4O/c1-13-12-20(2)10-6-3-7-11-21(13)17(22)16-14-8-4-5-9-15(14)18-19-16/h4-5,8-9,13H,3,6-7,10-12H2,1-2H3,(H,18,19). The van der Waals surface area contributed by atoms with Crippen LogP contribution in [0.1, 0.15) is 36.7 Å². The molecule has 118 valence electrons. The monoisotopic (exact) mass is 300 g/mol. The van der Waals surface area contributed by atoms with Gasteiger partial charge in [0.15, 0.2) is 5.69 Å². The van der Waals surface area contributed by atoms with E-state index in [1.807, 2.05) is 29.2 Å². The van der Waals surface area contributed by atoms with Gasteiger partial charge in [0.05, 0.1) is 5.52 Å². The summed E-state index contributed by atoms with van der Waals surface area (Å²) in [6, 6.07) is 8.01. The van der Waals surface area contributed by atoms with Gasteiger partial charge in [0.1, 0.15) is 0 Å². The summed E-state index contributed by atoms with van der Waals surface area (Å²) in [6.45, 7) is 4.97. The first-order valence-electron chi connectivity index (χ1n) is 8.09. The number of carbonyl (C=O) groups excluding carboxylic acids is 1. The molecule has 3 rings (SSSR count). The molecule has 1 unspecified atom stereocenters. The van der Waals surface area contributed by atoms with Crippen molar-refractivity contribution in [2.75, 3.05) is 26.7 Å². The zero-order chi connectivity index (χ0) is 15.5. The van der Waals surface area contributed by atoms with Crippen LogP contribution in [-0.4, -0.2) is 58.6 Å². The summed E-state index contributed by atoms with van der Waals surface area (Å²) < 4.78 is 0. The molecule has 1 fully saturated rings. The predicted octanol–water partition coefficient (Wildman–Crippen LogP) is 2.51. The lowest BCUT2D eigenvalue weighted by atomic mass is 10.1. The van der Waals surface area contributed by atoms with Crippen molar-refractivity contribution in [1.82, 2.24) is 20.0 Å². The maximum atomic E-state index is 13.0. The van der Waals surface area contributed by atoms with Crippen LogP contribution in [0, 0.1) is 0 Å². The minimum absolute atomic E-state index is 0.0419. The number of hydrogen-bond acceptors (Lipinski definition) is 3. The van der Waals surface area contributed by atoms with E-state index in [1.54, 1.807) is 0 Å². The summed E-state index contributed by atoms with van der Waals surface area (Å²) in [5, 5.41) is 8.15. The molecule has 1 atom stereocenters. The van der Waals surface area contributed by atoms with Gasteiger partial charge in [-0.1, -0.05) is 24.6 Å². The molecular weight excluding hydrogens is 276 g/mol. The predicted molar refractivity (Wildman–Crippen MR) is 87.9 cm³/mol. The van der Waals surface area contributed by atoms with Crippen LogP contribution in [0.5, 0.6) is 0 Å². The Hall–Kier alpha value is -1.88. The second-order valence-corrected chi connectivity index (χ2v) is 6.29. The van der Waals surface area contributed by atoms with E-state index in [0.29, 0.717) is 5.69 Å². The average Bonchev–Trinajstić information content (AvgIpc) is 2.95. The van der Waals surface area contributed by atoms with Crippen molar-refractivity contribution in [3.05, 3.63) is 30.0 Å². The van der Waals surface area contributed by atoms with Crippen molar-refractivity contribution in [1.29, 1.82) is 0 Å². The summed E-state index contributed by atoms with van der Waals surface area (Å²) >= 11 is 0. The van der Waals surface area contributed by atoms with Crippen molar-refractivity contribution in [2.45, 2.75) is 32.2 Å². The Morgan fingerprint density at radius 1 is 1.23 bits per heavy atom. The Labute approximate surface area is 131 Å². The van der Waals surface area contributed by atoms with Crippen LogP contribution in [0.25, 0.3) is 10.9 Å². The van der Waals surface area contributed by atoms with Gasteiger partial charge in [-0.2, -0.15) is 5.10 Å². The van der Waals surface area contributed by atoms with Gasteiger partial charge >= 0.3 is 0 Å². The Morgan fingerprint density at radius 2 is 2.00 bits per heavy atom. The largest absolute Gasteiger partial charge is 0.333 e. The van der Waals surface area contributed by atoms with E-state index in [2.05, 4.69) is 29.1 Å². The van der Waals surface area contributed by atoms with Gasteiger partial charge in [0, 0.05) is 24.5 Å². The molecule has 1 aliphatic rings. The number of nitrogens with zero attached hydrogens (tertiary/aromatic N) is 3. The minimum atomic E-state index is 0.0419. The maximum Gasteiger partial charge on any atom is 0.275 e. The number of fused-ring (bicyclic) bond motifs is 1. The number of H-pyrrole nitrogens is 1. The lowest BCUT2D eigenvalue weighted by Crippen LogP contribution is -2.44. The van der Waals surface area contributed by atoms with Gasteiger partial charge in [-0.05, 0) is 39.4 Å². The number of carbonyl (C=O) groups is 1. The maximum absolute atomic E-state index is 13.0. The smallest absolute Gasteiger partial charge is 0.275 e. The summed E-state index contributed by atoms with van der Waals surface area (Å²) in [6.07, 6.45) is 3.44. The third-order valence-corrected chi connectivity index (χ3v) is 4.48. The third kappa shape index (κ3) is 2.99. The molecule has 1 saturated heterocycles. The molecule has 1 amide bonds. The number of aromatic amines is 1. The summed E-state index contributed by atoms with van der Waals surface area (Å²) in [5.74, 6) is 0.0419. The molecule has 0 radical (unpaired) electrons. The number of para-hydroxylation sites is 1. The van der Waals surface area contributed by atoms with E-state index in [1.165, 1.54) is 12.8 Å². The van der Waals surface area contributed by atoms with E-state index >= 15 is 0 Å². The normalized spacial score (nSPS) is 21.4. The molecule has 1 aromatic heterocycles. The molecule has 2 heterocycles. The van der Waals surface area contributed by atoms with Crippen LogP contribution in [0.3, 0.4) is 0 Å². The van der Waals surface area contributed by atoms with Gasteiger partial charge < -0.3 is 9.80 Å². The first kappa shape index (κ1) is 15.0. The number of nitrogens with one attached hydrogen (secondary N) is 1. The fourth-order valence-electron chi connectivity index (χ4n) is 3.27. The Bertz CT molecular complexity index is 651. The molecule has 0 spiro atoms. The second-order valence-electron chi connectivity index (χ2n) is 6.29. The molecule has 2 aromatic rings. The van der Waals surface area contributed by atoms with Crippen LogP contribution in [0.4, 0.5) is 0 Å². The number of aromatic nitrogens is 2. The molecule has 22 heavy (non-hydrogen) atoms. The van der Waals surface area contributed by atoms with Crippen LogP contribution in [-0.2, 0) is 0 Å². The fourth-order valence-corrected chi connectivity index (χ4v) is 3.27. The van der Waals surface area contributed by atoms with E-state index in [-0.39, 0.29) is 11.9 Å². The highest BCUT2D eigenvalue weighted by atomic mass is 16.2. The van der Waals surface area contributed by atoms with Gasteiger partial charge in [-0.25, -0.2) is 0 Å². The number of rotatable bonds is 1. The average molecular weight is 300 g/mol. The molecule has 0 aliphatic carbocycles. The molecule has 1 aliphatic heterocycles. The highest BCUT2D eigenvalue weighted by Gasteiger charge is 2.26. The molecule has 0 saturated carbocycles. The van der Waals surface area contributed by atoms with Crippen LogP contribution in [0.2, 0.25) is 0 Å². The summed E-state index contributed by atoms with van der Waals surface area (Å²) in [7, 11) is 2.13. The first-order valence-corrected chi connectivity index (χ1v) is 8.09. The molecule has 5 nitrogen and oxygen atoms in total. The zero-order valence-corrected chi connectivity index (χ0v) is 13.4. The number of likely N-dealkylation sites (N-methyl/N-ethyl adjacent to an activating group) is 1. The highest BCUT2D eigenvalue weighted by Crippen LogP contribution is 2.19. The van der Waals surface area contributed by atoms with Gasteiger partial charge in [0.2, 0.25) is 0 Å². The topological polar surface area (TPSA) is 52.2 Å². The van der Waals surface area contributed by atoms with E-state index in [9.17, 15) is 4.79 Å². The highest BCUT2D eigenvalue weighted by molar-refractivity contribution is 6.04. The first-order chi connectivity index (χ1) is 10.7. The Morgan fingerprint density at radius 3 is 2.86 bits per heavy atom. The Balaban J connectivity index is 1.88. The fraction of sp³-hybridized carbons (Fsp3) is 0.529. The van der Waals surface area contributed by atoms with Gasteiger partial charge in [-0.15, -0.1) is 0 Å². The van der Waals surface area contributed by atoms with Crippen molar-refractivity contribution in [2.24, 2.45) is 0 Å². The summed E-state index contributed by atoms with van der Waals surface area (Å²) in [4.78, 5) is 17.3. The van der Waals surface area contributed by atoms with Crippen molar-refractivity contribution in [3.8, 4) is 0 Å². The SMILES string of the molecule is CC1CN(C)CCCCCN1C(=O)c1n[nH]c2ccccc12. The van der Waals surface area contributed by atoms with Crippen LogP contribution < -0.4 is 0 Å². The molecule has 0 bridgehead atoms. The number of benzene rings is 1. The lowest BCUT2D eigenvalue weighted by molar-refractivity contribution is 0.0662. The number of amides is 1. The Kier molecular flexibility index (Phi) is 4.43.